The van der Waals surface area contributed by atoms with Gasteiger partial charge >= 0.3 is 11.6 Å². The van der Waals surface area contributed by atoms with Crippen LogP contribution < -0.4 is 15.1 Å². The number of methoxy groups -OCH3 is 2. The number of hydrogen-bond acceptors (Lipinski definition) is 6. The highest BCUT2D eigenvalue weighted by Gasteiger charge is 2.14. The van der Waals surface area contributed by atoms with Crippen LogP contribution in [0.15, 0.2) is 45.6 Å². The monoisotopic (exact) mass is 388 g/mol. The zero-order valence-electron chi connectivity index (χ0n) is 15.0. The number of aryl methyl sites for hydroxylation is 1. The van der Waals surface area contributed by atoms with Gasteiger partial charge in [-0.1, -0.05) is 11.6 Å². The fourth-order valence-electron chi connectivity index (χ4n) is 2.66. The Hall–Kier alpha value is -2.99. The molecule has 0 bridgehead atoms. The van der Waals surface area contributed by atoms with Crippen LogP contribution in [0, 0.1) is 6.92 Å². The van der Waals surface area contributed by atoms with Crippen molar-refractivity contribution in [3.63, 3.8) is 0 Å². The van der Waals surface area contributed by atoms with Gasteiger partial charge in [-0.15, -0.1) is 0 Å². The summed E-state index contributed by atoms with van der Waals surface area (Å²) in [7, 11) is 2.99. The first-order valence-corrected chi connectivity index (χ1v) is 8.42. The van der Waals surface area contributed by atoms with Crippen LogP contribution >= 0.6 is 11.6 Å². The minimum Gasteiger partial charge on any atom is -0.493 e. The van der Waals surface area contributed by atoms with Gasteiger partial charge < -0.3 is 18.6 Å². The molecule has 0 unspecified atom stereocenters. The van der Waals surface area contributed by atoms with Crippen molar-refractivity contribution in [1.82, 2.24) is 0 Å². The summed E-state index contributed by atoms with van der Waals surface area (Å²) < 4.78 is 20.9. The molecular formula is C20H17ClO6. The number of esters is 1. The van der Waals surface area contributed by atoms with E-state index in [1.165, 1.54) is 26.4 Å². The third-order valence-electron chi connectivity index (χ3n) is 4.09. The average molecular weight is 389 g/mol. The lowest BCUT2D eigenvalue weighted by atomic mass is 10.1. The molecule has 0 radical (unpaired) electrons. The average Bonchev–Trinajstić information content (AvgIpc) is 2.66. The van der Waals surface area contributed by atoms with Crippen LogP contribution in [-0.2, 0) is 11.3 Å². The van der Waals surface area contributed by atoms with Crippen LogP contribution in [0.4, 0.5) is 0 Å². The second-order valence-electron chi connectivity index (χ2n) is 5.83. The maximum absolute atomic E-state index is 12.4. The molecule has 0 spiro atoms. The molecule has 0 fully saturated rings. The Morgan fingerprint density at radius 3 is 2.52 bits per heavy atom. The van der Waals surface area contributed by atoms with Crippen molar-refractivity contribution in [3.05, 3.63) is 68.5 Å². The number of carbonyl (C=O) groups excluding carboxylic acids is 1. The fraction of sp³-hybridized carbons (Fsp3) is 0.200. The molecule has 0 saturated carbocycles. The predicted octanol–water partition coefficient (Wildman–Crippen LogP) is 4.13. The predicted molar refractivity (Wildman–Crippen MR) is 101 cm³/mol. The van der Waals surface area contributed by atoms with Crippen LogP contribution in [0.25, 0.3) is 11.0 Å². The van der Waals surface area contributed by atoms with Gasteiger partial charge in [0, 0.05) is 22.0 Å². The van der Waals surface area contributed by atoms with Crippen molar-refractivity contribution < 1.29 is 23.4 Å². The molecule has 0 aliphatic heterocycles. The van der Waals surface area contributed by atoms with E-state index >= 15 is 0 Å². The maximum atomic E-state index is 12.4. The molecule has 6 nitrogen and oxygen atoms in total. The van der Waals surface area contributed by atoms with Crippen molar-refractivity contribution in [3.8, 4) is 11.5 Å². The van der Waals surface area contributed by atoms with E-state index in [1.54, 1.807) is 24.3 Å². The van der Waals surface area contributed by atoms with Gasteiger partial charge in [-0.05, 0) is 42.8 Å². The Kier molecular flexibility index (Phi) is 5.37. The minimum atomic E-state index is -0.560. The zero-order chi connectivity index (χ0) is 19.6. The molecule has 0 aliphatic carbocycles. The van der Waals surface area contributed by atoms with Crippen LogP contribution in [0.3, 0.4) is 0 Å². The minimum absolute atomic E-state index is 0.103. The van der Waals surface area contributed by atoms with Crippen molar-refractivity contribution in [1.29, 1.82) is 0 Å². The van der Waals surface area contributed by atoms with Gasteiger partial charge in [0.2, 0.25) is 0 Å². The standard InChI is InChI=1S/C20H17ClO6/c1-11-6-17-14(9-15(11)21)13(8-19(22)27-17)10-26-20(23)12-4-5-16(24-2)18(7-12)25-3/h4-9H,10H2,1-3H3. The molecule has 140 valence electrons. The van der Waals surface area contributed by atoms with E-state index in [0.717, 1.165) is 5.56 Å². The van der Waals surface area contributed by atoms with Crippen LogP contribution in [0.5, 0.6) is 11.5 Å². The van der Waals surface area contributed by atoms with E-state index in [-0.39, 0.29) is 6.61 Å². The topological polar surface area (TPSA) is 75.0 Å². The molecule has 3 aromatic rings. The fourth-order valence-corrected chi connectivity index (χ4v) is 2.82. The third-order valence-corrected chi connectivity index (χ3v) is 4.49. The molecule has 1 aromatic heterocycles. The molecular weight excluding hydrogens is 372 g/mol. The number of benzene rings is 2. The Bertz CT molecular complexity index is 1070. The van der Waals surface area contributed by atoms with Gasteiger partial charge in [0.05, 0.1) is 19.8 Å². The second-order valence-corrected chi connectivity index (χ2v) is 6.24. The molecule has 2 aromatic carbocycles. The molecule has 0 amide bonds. The molecule has 0 atom stereocenters. The first-order valence-electron chi connectivity index (χ1n) is 8.05. The van der Waals surface area contributed by atoms with Crippen LogP contribution in [-0.4, -0.2) is 20.2 Å². The molecule has 0 aliphatic rings. The molecule has 27 heavy (non-hydrogen) atoms. The zero-order valence-corrected chi connectivity index (χ0v) is 15.8. The summed E-state index contributed by atoms with van der Waals surface area (Å²) in [4.78, 5) is 24.2. The van der Waals surface area contributed by atoms with Gasteiger partial charge in [0.25, 0.3) is 0 Å². The number of hydrogen-bond donors (Lipinski definition) is 0. The van der Waals surface area contributed by atoms with Crippen LogP contribution in [0.1, 0.15) is 21.5 Å². The van der Waals surface area contributed by atoms with Crippen molar-refractivity contribution in [2.45, 2.75) is 13.5 Å². The lowest BCUT2D eigenvalue weighted by Gasteiger charge is -2.11. The number of carbonyl (C=O) groups is 1. The highest BCUT2D eigenvalue weighted by atomic mass is 35.5. The van der Waals surface area contributed by atoms with Gasteiger partial charge in [-0.3, -0.25) is 0 Å². The van der Waals surface area contributed by atoms with Crippen molar-refractivity contribution in [2.24, 2.45) is 0 Å². The summed E-state index contributed by atoms with van der Waals surface area (Å²) in [5.74, 6) is 0.362. The van der Waals surface area contributed by atoms with Crippen molar-refractivity contribution >= 4 is 28.5 Å². The van der Waals surface area contributed by atoms with E-state index in [4.69, 9.17) is 30.2 Å². The summed E-state index contributed by atoms with van der Waals surface area (Å²) in [6.07, 6.45) is 0. The lowest BCUT2D eigenvalue weighted by molar-refractivity contribution is 0.0473. The summed E-state index contributed by atoms with van der Waals surface area (Å²) in [6.45, 7) is 1.71. The Labute approximate surface area is 160 Å². The summed E-state index contributed by atoms with van der Waals surface area (Å²) in [5, 5.41) is 1.15. The van der Waals surface area contributed by atoms with E-state index in [1.807, 2.05) is 6.92 Å². The van der Waals surface area contributed by atoms with Gasteiger partial charge in [-0.2, -0.15) is 0 Å². The Morgan fingerprint density at radius 2 is 1.81 bits per heavy atom. The smallest absolute Gasteiger partial charge is 0.338 e. The molecule has 7 heteroatoms. The third kappa shape index (κ3) is 3.90. The number of fused-ring (bicyclic) bond motifs is 1. The first-order chi connectivity index (χ1) is 12.9. The highest BCUT2D eigenvalue weighted by molar-refractivity contribution is 6.32. The van der Waals surface area contributed by atoms with Crippen molar-refractivity contribution in [2.75, 3.05) is 14.2 Å². The number of rotatable bonds is 5. The van der Waals surface area contributed by atoms with Gasteiger partial charge in [0.1, 0.15) is 12.2 Å². The maximum Gasteiger partial charge on any atom is 0.338 e. The number of halogens is 1. The normalized spacial score (nSPS) is 10.7. The van der Waals surface area contributed by atoms with E-state index in [2.05, 4.69) is 0 Å². The lowest BCUT2D eigenvalue weighted by Crippen LogP contribution is -2.08. The summed E-state index contributed by atoms with van der Waals surface area (Å²) in [6, 6.07) is 9.37. The molecule has 3 rings (SSSR count). The van der Waals surface area contributed by atoms with E-state index < -0.39 is 11.6 Å². The van der Waals surface area contributed by atoms with E-state index in [0.29, 0.717) is 38.6 Å². The first kappa shape index (κ1) is 18.8. The summed E-state index contributed by atoms with van der Waals surface area (Å²) >= 11 is 6.17. The Morgan fingerprint density at radius 1 is 1.07 bits per heavy atom. The number of ether oxygens (including phenoxy) is 3. The highest BCUT2D eigenvalue weighted by Crippen LogP contribution is 2.28. The largest absolute Gasteiger partial charge is 0.493 e. The second kappa shape index (κ2) is 7.72. The van der Waals surface area contributed by atoms with Gasteiger partial charge in [0.15, 0.2) is 11.5 Å². The molecule has 0 saturated heterocycles. The molecule has 1 heterocycles. The SMILES string of the molecule is COc1ccc(C(=O)OCc2cc(=O)oc3cc(C)c(Cl)cc23)cc1OC. The Balaban J connectivity index is 1.87. The summed E-state index contributed by atoms with van der Waals surface area (Å²) in [5.41, 5.74) is 1.46. The quantitative estimate of drug-likeness (QED) is 0.483. The van der Waals surface area contributed by atoms with E-state index in [9.17, 15) is 9.59 Å². The van der Waals surface area contributed by atoms with Crippen LogP contribution in [0.2, 0.25) is 5.02 Å². The van der Waals surface area contributed by atoms with Gasteiger partial charge in [-0.25, -0.2) is 9.59 Å². The molecule has 0 N–H and O–H groups in total.